The second-order valence-corrected chi connectivity index (χ2v) is 8.12. The van der Waals surface area contributed by atoms with Gasteiger partial charge in [0.15, 0.2) is 0 Å². The summed E-state index contributed by atoms with van der Waals surface area (Å²) in [6.45, 7) is 2.31. The molecule has 6 nitrogen and oxygen atoms in total. The molecule has 2 fully saturated rings. The lowest BCUT2D eigenvalue weighted by Crippen LogP contribution is -2.44. The molecule has 3 rings (SSSR count). The summed E-state index contributed by atoms with van der Waals surface area (Å²) < 4.78 is 28.7. The predicted octanol–water partition coefficient (Wildman–Crippen LogP) is 1.04. The molecule has 1 aliphatic carbocycles. The summed E-state index contributed by atoms with van der Waals surface area (Å²) in [6.07, 6.45) is 9.02. The standard InChI is InChI=1S/C14H24N4O2S/c15-6-8-17-11-14(9-16-17)21(19,20)18-7-5-12-3-1-2-4-13(12)10-18/h9,11-13H,1-8,10,15H2. The number of aromatic nitrogens is 2. The Labute approximate surface area is 126 Å². The number of rotatable bonds is 4. The maximum Gasteiger partial charge on any atom is 0.246 e. The van der Waals surface area contributed by atoms with Crippen molar-refractivity contribution < 1.29 is 8.42 Å². The Balaban J connectivity index is 1.75. The van der Waals surface area contributed by atoms with E-state index in [1.54, 1.807) is 15.2 Å². The van der Waals surface area contributed by atoms with Crippen LogP contribution in [0.25, 0.3) is 0 Å². The van der Waals surface area contributed by atoms with Gasteiger partial charge >= 0.3 is 0 Å². The van der Waals surface area contributed by atoms with Crippen molar-refractivity contribution in [2.45, 2.75) is 43.5 Å². The maximum absolute atomic E-state index is 12.7. The third-order valence-electron chi connectivity index (χ3n) is 4.86. The molecule has 1 aromatic heterocycles. The molecule has 0 spiro atoms. The lowest BCUT2D eigenvalue weighted by atomic mass is 9.76. The van der Waals surface area contributed by atoms with E-state index in [4.69, 9.17) is 5.73 Å². The highest BCUT2D eigenvalue weighted by Crippen LogP contribution is 2.37. The Morgan fingerprint density at radius 2 is 2.00 bits per heavy atom. The number of nitrogens with zero attached hydrogens (tertiary/aromatic N) is 3. The van der Waals surface area contributed by atoms with Crippen molar-refractivity contribution in [3.8, 4) is 0 Å². The molecule has 1 aliphatic heterocycles. The summed E-state index contributed by atoms with van der Waals surface area (Å²) in [5, 5.41) is 4.08. The molecule has 1 saturated carbocycles. The largest absolute Gasteiger partial charge is 0.329 e. The van der Waals surface area contributed by atoms with Gasteiger partial charge < -0.3 is 5.73 Å². The minimum absolute atomic E-state index is 0.296. The second-order valence-electron chi connectivity index (χ2n) is 6.18. The zero-order valence-electron chi connectivity index (χ0n) is 12.3. The van der Waals surface area contributed by atoms with Gasteiger partial charge in [-0.2, -0.15) is 9.40 Å². The molecule has 2 heterocycles. The summed E-state index contributed by atoms with van der Waals surface area (Å²) in [4.78, 5) is 0.296. The molecule has 0 radical (unpaired) electrons. The van der Waals surface area contributed by atoms with Gasteiger partial charge in [-0.3, -0.25) is 4.68 Å². The second kappa shape index (κ2) is 6.06. The lowest BCUT2D eigenvalue weighted by Gasteiger charge is -2.40. The van der Waals surface area contributed by atoms with Crippen LogP contribution in [0.2, 0.25) is 0 Å². The molecule has 2 atom stereocenters. The fourth-order valence-electron chi connectivity index (χ4n) is 3.67. The third-order valence-corrected chi connectivity index (χ3v) is 6.68. The van der Waals surface area contributed by atoms with Crippen LogP contribution in [0.15, 0.2) is 17.3 Å². The van der Waals surface area contributed by atoms with E-state index in [1.807, 2.05) is 0 Å². The van der Waals surface area contributed by atoms with Crippen molar-refractivity contribution in [1.29, 1.82) is 0 Å². The van der Waals surface area contributed by atoms with Crippen LogP contribution < -0.4 is 5.73 Å². The molecule has 21 heavy (non-hydrogen) atoms. The van der Waals surface area contributed by atoms with Crippen LogP contribution in [0.4, 0.5) is 0 Å². The van der Waals surface area contributed by atoms with E-state index in [1.165, 1.54) is 31.9 Å². The number of hydrogen-bond donors (Lipinski definition) is 1. The van der Waals surface area contributed by atoms with Crippen LogP contribution in [-0.4, -0.2) is 42.1 Å². The van der Waals surface area contributed by atoms with Gasteiger partial charge in [0, 0.05) is 25.8 Å². The third kappa shape index (κ3) is 3.00. The van der Waals surface area contributed by atoms with Gasteiger partial charge in [-0.25, -0.2) is 8.42 Å². The van der Waals surface area contributed by atoms with E-state index in [-0.39, 0.29) is 0 Å². The van der Waals surface area contributed by atoms with Crippen molar-refractivity contribution in [3.05, 3.63) is 12.4 Å². The minimum atomic E-state index is -3.40. The van der Waals surface area contributed by atoms with Gasteiger partial charge in [-0.15, -0.1) is 0 Å². The van der Waals surface area contributed by atoms with Crippen LogP contribution in [0.1, 0.15) is 32.1 Å². The first-order valence-corrected chi connectivity index (χ1v) is 9.28. The minimum Gasteiger partial charge on any atom is -0.329 e. The average molecular weight is 312 g/mol. The summed E-state index contributed by atoms with van der Waals surface area (Å²) in [5.41, 5.74) is 5.47. The van der Waals surface area contributed by atoms with Crippen molar-refractivity contribution in [3.63, 3.8) is 0 Å². The lowest BCUT2D eigenvalue weighted by molar-refractivity contribution is 0.136. The van der Waals surface area contributed by atoms with Crippen LogP contribution in [0.5, 0.6) is 0 Å². The number of hydrogen-bond acceptors (Lipinski definition) is 4. The van der Waals surface area contributed by atoms with E-state index in [2.05, 4.69) is 5.10 Å². The predicted molar refractivity (Wildman–Crippen MR) is 80.1 cm³/mol. The highest BCUT2D eigenvalue weighted by Gasteiger charge is 2.36. The Morgan fingerprint density at radius 1 is 1.24 bits per heavy atom. The molecule has 1 aromatic rings. The summed E-state index contributed by atoms with van der Waals surface area (Å²) in [5.74, 6) is 1.27. The highest BCUT2D eigenvalue weighted by molar-refractivity contribution is 7.89. The molecule has 7 heteroatoms. The van der Waals surface area contributed by atoms with Crippen molar-refractivity contribution in [2.75, 3.05) is 19.6 Å². The van der Waals surface area contributed by atoms with Crippen LogP contribution >= 0.6 is 0 Å². The number of fused-ring (bicyclic) bond motifs is 1. The maximum atomic E-state index is 12.7. The van der Waals surface area contributed by atoms with Gasteiger partial charge in [0.05, 0.1) is 12.7 Å². The van der Waals surface area contributed by atoms with Crippen LogP contribution in [0, 0.1) is 11.8 Å². The van der Waals surface area contributed by atoms with E-state index < -0.39 is 10.0 Å². The molecule has 0 bridgehead atoms. The van der Waals surface area contributed by atoms with E-state index in [9.17, 15) is 8.42 Å². The molecule has 1 saturated heterocycles. The molecule has 2 unspecified atom stereocenters. The molecule has 0 aromatic carbocycles. The molecular weight excluding hydrogens is 288 g/mol. The molecule has 2 N–H and O–H groups in total. The van der Waals surface area contributed by atoms with Gasteiger partial charge in [-0.1, -0.05) is 19.3 Å². The van der Waals surface area contributed by atoms with Crippen molar-refractivity contribution in [1.82, 2.24) is 14.1 Å². The molecule has 118 valence electrons. The quantitative estimate of drug-likeness (QED) is 0.901. The Hall–Kier alpha value is -0.920. The van der Waals surface area contributed by atoms with Crippen LogP contribution in [-0.2, 0) is 16.6 Å². The average Bonchev–Trinajstić information content (AvgIpc) is 2.96. The Morgan fingerprint density at radius 3 is 2.76 bits per heavy atom. The normalized spacial score (nSPS) is 27.5. The van der Waals surface area contributed by atoms with Crippen LogP contribution in [0.3, 0.4) is 0 Å². The Bertz CT molecular complexity index is 584. The Kier molecular flexibility index (Phi) is 4.33. The first kappa shape index (κ1) is 15.0. The van der Waals surface area contributed by atoms with Gasteiger partial charge in [0.2, 0.25) is 10.0 Å². The first-order chi connectivity index (χ1) is 10.1. The topological polar surface area (TPSA) is 81.2 Å². The fraction of sp³-hybridized carbons (Fsp3) is 0.786. The van der Waals surface area contributed by atoms with Crippen molar-refractivity contribution in [2.24, 2.45) is 17.6 Å². The number of sulfonamides is 1. The fourth-order valence-corrected chi connectivity index (χ4v) is 5.13. The zero-order valence-corrected chi connectivity index (χ0v) is 13.1. The molecular formula is C14H24N4O2S. The first-order valence-electron chi connectivity index (χ1n) is 7.84. The van der Waals surface area contributed by atoms with E-state index in [0.29, 0.717) is 37.0 Å². The monoisotopic (exact) mass is 312 g/mol. The highest BCUT2D eigenvalue weighted by atomic mass is 32.2. The SMILES string of the molecule is NCCn1cc(S(=O)(=O)N2CCC3CCCCC3C2)cn1. The zero-order chi connectivity index (χ0) is 14.9. The van der Waals surface area contributed by atoms with Crippen molar-refractivity contribution >= 4 is 10.0 Å². The van der Waals surface area contributed by atoms with Gasteiger partial charge in [0.1, 0.15) is 4.90 Å². The molecule has 0 amide bonds. The van der Waals surface area contributed by atoms with E-state index >= 15 is 0 Å². The summed E-state index contributed by atoms with van der Waals surface area (Å²) in [6, 6.07) is 0. The smallest absolute Gasteiger partial charge is 0.246 e. The number of piperidine rings is 1. The summed E-state index contributed by atoms with van der Waals surface area (Å²) in [7, 11) is -3.40. The molecule has 2 aliphatic rings. The number of nitrogens with two attached hydrogens (primary N) is 1. The summed E-state index contributed by atoms with van der Waals surface area (Å²) >= 11 is 0. The van der Waals surface area contributed by atoms with E-state index in [0.717, 1.165) is 12.3 Å². The van der Waals surface area contributed by atoms with Gasteiger partial charge in [-0.05, 0) is 24.7 Å². The van der Waals surface area contributed by atoms with Gasteiger partial charge in [0.25, 0.3) is 0 Å².